The van der Waals surface area contributed by atoms with Crippen LogP contribution in [-0.4, -0.2) is 44.9 Å². The number of rotatable bonds is 5. The number of carbonyl (C=O) groups excluding carboxylic acids is 3. The average molecular weight is 433 g/mol. The average Bonchev–Trinajstić information content (AvgIpc) is 2.95. The summed E-state index contributed by atoms with van der Waals surface area (Å²) in [6.45, 7) is 3.53. The first kappa shape index (κ1) is 22.7. The minimum Gasteiger partial charge on any atom is -0.548 e. The third-order valence-electron chi connectivity index (χ3n) is 5.18. The number of benzene rings is 2. The number of hydrogen-bond donors (Lipinski definition) is 2. The van der Waals surface area contributed by atoms with E-state index in [1.165, 1.54) is 16.7 Å². The van der Waals surface area contributed by atoms with E-state index in [-0.39, 0.29) is 29.6 Å². The Kier molecular flexibility index (Phi) is 6.52. The van der Waals surface area contributed by atoms with E-state index in [1.54, 1.807) is 32.0 Å². The third kappa shape index (κ3) is 3.97. The summed E-state index contributed by atoms with van der Waals surface area (Å²) in [5.74, 6) is -2.07. The van der Waals surface area contributed by atoms with Crippen molar-refractivity contribution in [2.24, 2.45) is 0 Å². The number of nitrogens with one attached hydrogen (secondary N) is 2. The SMILES string of the molecule is CC1(C)SC2C(NC(=O)c3ccccc3Nc3ccccc3)C(=O)N2C1C(=O)[O-].[Na+]. The molecule has 0 aliphatic carbocycles. The fourth-order valence-corrected chi connectivity index (χ4v) is 5.43. The number of carbonyl (C=O) groups is 3. The first-order chi connectivity index (χ1) is 13.8. The van der Waals surface area contributed by atoms with Gasteiger partial charge in [0.15, 0.2) is 0 Å². The smallest absolute Gasteiger partial charge is 0.548 e. The van der Waals surface area contributed by atoms with Gasteiger partial charge < -0.3 is 25.4 Å². The Labute approximate surface area is 200 Å². The van der Waals surface area contributed by atoms with Crippen LogP contribution in [0.1, 0.15) is 24.2 Å². The van der Waals surface area contributed by atoms with Crippen LogP contribution < -0.4 is 45.3 Å². The van der Waals surface area contributed by atoms with Gasteiger partial charge in [-0.1, -0.05) is 30.3 Å². The fourth-order valence-electron chi connectivity index (χ4n) is 3.81. The Hall–Kier alpha value is -2.00. The zero-order chi connectivity index (χ0) is 20.8. The van der Waals surface area contributed by atoms with Crippen molar-refractivity contribution >= 4 is 40.9 Å². The second kappa shape index (κ2) is 8.63. The molecular formula is C21H20N3NaO4S. The minimum absolute atomic E-state index is 0. The predicted octanol–water partition coefficient (Wildman–Crippen LogP) is -1.66. The molecule has 30 heavy (non-hydrogen) atoms. The van der Waals surface area contributed by atoms with Gasteiger partial charge in [0.1, 0.15) is 11.4 Å². The van der Waals surface area contributed by atoms with Crippen molar-refractivity contribution in [1.29, 1.82) is 0 Å². The van der Waals surface area contributed by atoms with Gasteiger partial charge in [0.2, 0.25) is 5.91 Å². The summed E-state index contributed by atoms with van der Waals surface area (Å²) in [4.78, 5) is 38.3. The molecule has 7 nitrogen and oxygen atoms in total. The minimum atomic E-state index is -1.28. The molecule has 2 saturated heterocycles. The van der Waals surface area contributed by atoms with E-state index in [0.29, 0.717) is 11.3 Å². The number of carboxylic acids is 1. The molecule has 2 aliphatic heterocycles. The van der Waals surface area contributed by atoms with Crippen LogP contribution in [0.25, 0.3) is 0 Å². The van der Waals surface area contributed by atoms with Crippen LogP contribution in [0.4, 0.5) is 11.4 Å². The first-order valence-electron chi connectivity index (χ1n) is 9.22. The van der Waals surface area contributed by atoms with Gasteiger partial charge in [0.25, 0.3) is 5.91 Å². The quantitative estimate of drug-likeness (QED) is 0.433. The molecule has 2 N–H and O–H groups in total. The Bertz CT molecular complexity index is 985. The van der Waals surface area contributed by atoms with E-state index < -0.39 is 40.0 Å². The number of para-hydroxylation sites is 2. The summed E-state index contributed by atoms with van der Waals surface area (Å²) in [6.07, 6.45) is 0. The molecule has 4 rings (SSSR count). The zero-order valence-corrected chi connectivity index (χ0v) is 19.7. The molecule has 2 heterocycles. The van der Waals surface area contributed by atoms with Crippen molar-refractivity contribution in [3.63, 3.8) is 0 Å². The molecule has 2 amide bonds. The second-order valence-corrected chi connectivity index (χ2v) is 9.34. The molecule has 3 atom stereocenters. The molecule has 0 radical (unpaired) electrons. The Morgan fingerprint density at radius 1 is 1.07 bits per heavy atom. The van der Waals surface area contributed by atoms with Crippen molar-refractivity contribution in [3.05, 3.63) is 60.2 Å². The van der Waals surface area contributed by atoms with Gasteiger partial charge >= 0.3 is 29.6 Å². The molecule has 9 heteroatoms. The van der Waals surface area contributed by atoms with E-state index in [4.69, 9.17) is 0 Å². The molecule has 2 aromatic rings. The largest absolute Gasteiger partial charge is 1.00 e. The number of hydrogen-bond acceptors (Lipinski definition) is 6. The van der Waals surface area contributed by atoms with E-state index in [9.17, 15) is 19.5 Å². The van der Waals surface area contributed by atoms with Crippen LogP contribution in [0.2, 0.25) is 0 Å². The number of β-lactam (4-membered cyclic amide) rings is 1. The van der Waals surface area contributed by atoms with E-state index >= 15 is 0 Å². The topological polar surface area (TPSA) is 102 Å². The second-order valence-electron chi connectivity index (χ2n) is 7.57. The molecule has 0 spiro atoms. The van der Waals surface area contributed by atoms with E-state index in [0.717, 1.165) is 5.69 Å². The summed E-state index contributed by atoms with van der Waals surface area (Å²) in [5, 5.41) is 17.1. The van der Waals surface area contributed by atoms with Crippen molar-refractivity contribution in [2.45, 2.75) is 36.1 Å². The van der Waals surface area contributed by atoms with Gasteiger partial charge in [-0.05, 0) is 38.1 Å². The zero-order valence-electron chi connectivity index (χ0n) is 16.9. The van der Waals surface area contributed by atoms with Crippen molar-refractivity contribution in [3.8, 4) is 0 Å². The van der Waals surface area contributed by atoms with Crippen LogP contribution in [0.5, 0.6) is 0 Å². The standard InChI is InChI=1S/C21H21N3O4S.Na/c1-21(2)16(20(27)28)24-18(26)15(19(24)29-21)23-17(25)13-10-6-7-11-14(13)22-12-8-4-3-5-9-12;/h3-11,15-16,19,22H,1-2H3,(H,23,25)(H,27,28);/q;+1/p-1. The van der Waals surface area contributed by atoms with Gasteiger partial charge in [0, 0.05) is 10.4 Å². The van der Waals surface area contributed by atoms with Gasteiger partial charge in [0.05, 0.1) is 23.3 Å². The van der Waals surface area contributed by atoms with Crippen LogP contribution >= 0.6 is 11.8 Å². The Balaban J connectivity index is 0.00000256. The van der Waals surface area contributed by atoms with Crippen LogP contribution in [-0.2, 0) is 9.59 Å². The number of anilines is 2. The number of nitrogens with zero attached hydrogens (tertiary/aromatic N) is 1. The third-order valence-corrected chi connectivity index (χ3v) is 6.75. The van der Waals surface area contributed by atoms with E-state index in [1.807, 2.05) is 36.4 Å². The molecule has 2 aliphatic rings. The maximum absolute atomic E-state index is 12.9. The van der Waals surface area contributed by atoms with Gasteiger partial charge in [-0.2, -0.15) is 0 Å². The van der Waals surface area contributed by atoms with Gasteiger partial charge in [-0.15, -0.1) is 11.8 Å². The molecule has 0 bridgehead atoms. The molecule has 2 aromatic carbocycles. The van der Waals surface area contributed by atoms with Crippen molar-refractivity contribution < 1.29 is 49.0 Å². The molecule has 3 unspecified atom stereocenters. The summed E-state index contributed by atoms with van der Waals surface area (Å²) >= 11 is 1.36. The summed E-state index contributed by atoms with van der Waals surface area (Å²) in [5.41, 5.74) is 1.86. The Morgan fingerprint density at radius 2 is 1.70 bits per heavy atom. The van der Waals surface area contributed by atoms with Gasteiger partial charge in [-0.25, -0.2) is 0 Å². The molecule has 0 saturated carbocycles. The summed E-state index contributed by atoms with van der Waals surface area (Å²) < 4.78 is -0.689. The Morgan fingerprint density at radius 3 is 2.37 bits per heavy atom. The van der Waals surface area contributed by atoms with Gasteiger partial charge in [-0.3, -0.25) is 9.59 Å². The first-order valence-corrected chi connectivity index (χ1v) is 10.1. The normalized spacial score (nSPS) is 23.6. The van der Waals surface area contributed by atoms with Crippen molar-refractivity contribution in [2.75, 3.05) is 5.32 Å². The van der Waals surface area contributed by atoms with E-state index in [2.05, 4.69) is 10.6 Å². The molecule has 2 fully saturated rings. The summed E-state index contributed by atoms with van der Waals surface area (Å²) in [6, 6.07) is 14.7. The number of fused-ring (bicyclic) bond motifs is 1. The number of amides is 2. The number of thioether (sulfide) groups is 1. The maximum Gasteiger partial charge on any atom is 1.00 e. The number of carboxylic acid groups (broad SMARTS) is 1. The summed E-state index contributed by atoms with van der Waals surface area (Å²) in [7, 11) is 0. The van der Waals surface area contributed by atoms with Crippen molar-refractivity contribution in [1.82, 2.24) is 10.2 Å². The predicted molar refractivity (Wildman–Crippen MR) is 109 cm³/mol. The molecule has 150 valence electrons. The molecule has 0 aromatic heterocycles. The monoisotopic (exact) mass is 433 g/mol. The van der Waals surface area contributed by atoms with Crippen LogP contribution in [0.3, 0.4) is 0 Å². The fraction of sp³-hybridized carbons (Fsp3) is 0.286. The number of aliphatic carboxylic acids is 1. The molecular weight excluding hydrogens is 413 g/mol. The van der Waals surface area contributed by atoms with Crippen LogP contribution in [0, 0.1) is 0 Å². The maximum atomic E-state index is 12.9. The van der Waals surface area contributed by atoms with Crippen LogP contribution in [0.15, 0.2) is 54.6 Å².